The maximum absolute atomic E-state index is 8.77. The molecule has 0 spiro atoms. The summed E-state index contributed by atoms with van der Waals surface area (Å²) in [5, 5.41) is 8.77. The molecule has 2 aromatic rings. The first-order chi connectivity index (χ1) is 8.11. The molecule has 2 heteroatoms. The summed E-state index contributed by atoms with van der Waals surface area (Å²) >= 11 is 3.57. The molecule has 0 radical (unpaired) electrons. The van der Waals surface area contributed by atoms with Crippen LogP contribution in [0.25, 0.3) is 11.1 Å². The predicted molar refractivity (Wildman–Crippen MR) is 73.8 cm³/mol. The van der Waals surface area contributed by atoms with Crippen molar-refractivity contribution in [2.24, 2.45) is 0 Å². The molecule has 0 saturated heterocycles. The van der Waals surface area contributed by atoms with Crippen LogP contribution in [0.3, 0.4) is 0 Å². The summed E-state index contributed by atoms with van der Waals surface area (Å²) in [4.78, 5) is 0. The van der Waals surface area contributed by atoms with E-state index >= 15 is 0 Å². The van der Waals surface area contributed by atoms with E-state index in [0.29, 0.717) is 5.56 Å². The van der Waals surface area contributed by atoms with Crippen LogP contribution >= 0.6 is 15.9 Å². The fourth-order valence-electron chi connectivity index (χ4n) is 1.85. The van der Waals surface area contributed by atoms with Gasteiger partial charge < -0.3 is 0 Å². The minimum Gasteiger partial charge on any atom is -0.192 e. The van der Waals surface area contributed by atoms with Crippen molar-refractivity contribution in [3.63, 3.8) is 0 Å². The number of halogens is 1. The summed E-state index contributed by atoms with van der Waals surface area (Å²) in [5.74, 6) is 0. The molecule has 0 N–H and O–H groups in total. The van der Waals surface area contributed by atoms with Gasteiger partial charge in [0.05, 0.1) is 11.6 Å². The summed E-state index contributed by atoms with van der Waals surface area (Å²) in [6.45, 7) is 4.18. The third-order valence-electron chi connectivity index (χ3n) is 2.78. The Bertz CT molecular complexity index is 568. The van der Waals surface area contributed by atoms with Crippen molar-refractivity contribution in [3.05, 3.63) is 57.6 Å². The normalized spacial score (nSPS) is 10.0. The SMILES string of the molecule is Cc1cc(-c2ccc(C#N)cc2)cc(C)c1Br. The monoisotopic (exact) mass is 285 g/mol. The lowest BCUT2D eigenvalue weighted by atomic mass is 10.00. The maximum atomic E-state index is 8.77. The average Bonchev–Trinajstić information content (AvgIpc) is 2.35. The molecule has 84 valence electrons. The van der Waals surface area contributed by atoms with Crippen molar-refractivity contribution < 1.29 is 0 Å². The summed E-state index contributed by atoms with van der Waals surface area (Å²) in [6.07, 6.45) is 0. The van der Waals surface area contributed by atoms with Gasteiger partial charge in [-0.25, -0.2) is 0 Å². The molecule has 0 atom stereocenters. The Morgan fingerprint density at radius 2 is 1.47 bits per heavy atom. The molecule has 0 aliphatic carbocycles. The standard InChI is InChI=1S/C15H12BrN/c1-10-7-14(8-11(2)15(10)16)13-5-3-12(9-17)4-6-13/h3-8H,1-2H3. The van der Waals surface area contributed by atoms with Gasteiger partial charge in [-0.2, -0.15) is 5.26 Å². The van der Waals surface area contributed by atoms with Crippen LogP contribution in [-0.2, 0) is 0 Å². The van der Waals surface area contributed by atoms with Gasteiger partial charge in [-0.1, -0.05) is 40.2 Å². The molecule has 1 nitrogen and oxygen atoms in total. The van der Waals surface area contributed by atoms with Crippen LogP contribution < -0.4 is 0 Å². The van der Waals surface area contributed by atoms with Crippen LogP contribution in [0.1, 0.15) is 16.7 Å². The van der Waals surface area contributed by atoms with Gasteiger partial charge >= 0.3 is 0 Å². The Hall–Kier alpha value is -1.59. The first-order valence-corrected chi connectivity index (χ1v) is 6.18. The second-order valence-electron chi connectivity index (χ2n) is 4.11. The van der Waals surface area contributed by atoms with Crippen LogP contribution in [0.5, 0.6) is 0 Å². The fourth-order valence-corrected chi connectivity index (χ4v) is 2.08. The molecular weight excluding hydrogens is 274 g/mol. The van der Waals surface area contributed by atoms with E-state index in [1.165, 1.54) is 16.7 Å². The third-order valence-corrected chi connectivity index (χ3v) is 4.03. The van der Waals surface area contributed by atoms with E-state index in [1.54, 1.807) is 0 Å². The van der Waals surface area contributed by atoms with Crippen molar-refractivity contribution in [2.45, 2.75) is 13.8 Å². The molecule has 0 aromatic heterocycles. The molecule has 0 fully saturated rings. The van der Waals surface area contributed by atoms with E-state index in [1.807, 2.05) is 24.3 Å². The van der Waals surface area contributed by atoms with E-state index in [-0.39, 0.29) is 0 Å². The van der Waals surface area contributed by atoms with Crippen LogP contribution in [0, 0.1) is 25.2 Å². The molecule has 0 bridgehead atoms. The zero-order valence-corrected chi connectivity index (χ0v) is 11.4. The molecule has 0 aliphatic rings. The zero-order chi connectivity index (χ0) is 12.4. The Labute approximate surface area is 110 Å². The topological polar surface area (TPSA) is 23.8 Å². The van der Waals surface area contributed by atoms with Crippen molar-refractivity contribution >= 4 is 15.9 Å². The first-order valence-electron chi connectivity index (χ1n) is 5.39. The number of benzene rings is 2. The lowest BCUT2D eigenvalue weighted by Crippen LogP contribution is -1.86. The van der Waals surface area contributed by atoms with E-state index in [0.717, 1.165) is 10.0 Å². The highest BCUT2D eigenvalue weighted by molar-refractivity contribution is 9.10. The quantitative estimate of drug-likeness (QED) is 0.751. The fraction of sp³-hybridized carbons (Fsp3) is 0.133. The second-order valence-corrected chi connectivity index (χ2v) is 4.91. The Balaban J connectivity index is 2.50. The van der Waals surface area contributed by atoms with E-state index < -0.39 is 0 Å². The number of nitrogens with zero attached hydrogens (tertiary/aromatic N) is 1. The summed E-state index contributed by atoms with van der Waals surface area (Å²) < 4.78 is 1.16. The molecule has 0 heterocycles. The summed E-state index contributed by atoms with van der Waals surface area (Å²) in [6, 6.07) is 14.1. The van der Waals surface area contributed by atoms with Crippen molar-refractivity contribution in [3.8, 4) is 17.2 Å². The molecule has 0 aliphatic heterocycles. The van der Waals surface area contributed by atoms with Gasteiger partial charge in [0.1, 0.15) is 0 Å². The van der Waals surface area contributed by atoms with Gasteiger partial charge in [0, 0.05) is 4.47 Å². The third kappa shape index (κ3) is 2.40. The molecule has 0 amide bonds. The van der Waals surface area contributed by atoms with Gasteiger partial charge in [-0.3, -0.25) is 0 Å². The van der Waals surface area contributed by atoms with Crippen LogP contribution in [0.4, 0.5) is 0 Å². The van der Waals surface area contributed by atoms with Gasteiger partial charge in [0.2, 0.25) is 0 Å². The lowest BCUT2D eigenvalue weighted by Gasteiger charge is -2.08. The molecular formula is C15H12BrN. The van der Waals surface area contributed by atoms with E-state index in [9.17, 15) is 0 Å². The van der Waals surface area contributed by atoms with Gasteiger partial charge in [-0.05, 0) is 48.2 Å². The van der Waals surface area contributed by atoms with E-state index in [4.69, 9.17) is 5.26 Å². The smallest absolute Gasteiger partial charge is 0.0991 e. The average molecular weight is 286 g/mol. The number of nitriles is 1. The molecule has 2 rings (SSSR count). The summed E-state index contributed by atoms with van der Waals surface area (Å²) in [5.41, 5.74) is 5.48. The van der Waals surface area contributed by atoms with Crippen LogP contribution in [0.2, 0.25) is 0 Å². The largest absolute Gasteiger partial charge is 0.192 e. The number of rotatable bonds is 1. The lowest BCUT2D eigenvalue weighted by molar-refractivity contribution is 1.34. The minimum absolute atomic E-state index is 0.694. The van der Waals surface area contributed by atoms with Gasteiger partial charge in [-0.15, -0.1) is 0 Å². The molecule has 0 unspecified atom stereocenters. The van der Waals surface area contributed by atoms with Gasteiger partial charge in [0.25, 0.3) is 0 Å². The Kier molecular flexibility index (Phi) is 3.31. The van der Waals surface area contributed by atoms with Crippen LogP contribution in [-0.4, -0.2) is 0 Å². The Morgan fingerprint density at radius 3 is 1.94 bits per heavy atom. The number of aryl methyl sites for hydroxylation is 2. The van der Waals surface area contributed by atoms with Crippen molar-refractivity contribution in [2.75, 3.05) is 0 Å². The summed E-state index contributed by atoms with van der Waals surface area (Å²) in [7, 11) is 0. The van der Waals surface area contributed by atoms with Crippen LogP contribution in [0.15, 0.2) is 40.9 Å². The highest BCUT2D eigenvalue weighted by atomic mass is 79.9. The van der Waals surface area contributed by atoms with Gasteiger partial charge in [0.15, 0.2) is 0 Å². The number of hydrogen-bond acceptors (Lipinski definition) is 1. The van der Waals surface area contributed by atoms with Crippen molar-refractivity contribution in [1.82, 2.24) is 0 Å². The van der Waals surface area contributed by atoms with E-state index in [2.05, 4.69) is 48.0 Å². The number of hydrogen-bond donors (Lipinski definition) is 0. The Morgan fingerprint density at radius 1 is 0.941 bits per heavy atom. The predicted octanol–water partition coefficient (Wildman–Crippen LogP) is 4.60. The minimum atomic E-state index is 0.694. The highest BCUT2D eigenvalue weighted by Crippen LogP contribution is 2.28. The zero-order valence-electron chi connectivity index (χ0n) is 9.79. The highest BCUT2D eigenvalue weighted by Gasteiger charge is 2.04. The first kappa shape index (κ1) is 11.9. The maximum Gasteiger partial charge on any atom is 0.0991 e. The second kappa shape index (κ2) is 4.73. The molecule has 0 saturated carbocycles. The molecule has 17 heavy (non-hydrogen) atoms. The molecule has 2 aromatic carbocycles. The van der Waals surface area contributed by atoms with Crippen molar-refractivity contribution in [1.29, 1.82) is 5.26 Å².